The Morgan fingerprint density at radius 3 is 2.82 bits per heavy atom. The van der Waals surface area contributed by atoms with Crippen LogP contribution in [0, 0.1) is 0 Å². The summed E-state index contributed by atoms with van der Waals surface area (Å²) in [6, 6.07) is 0.572. The van der Waals surface area contributed by atoms with E-state index in [0.717, 1.165) is 31.9 Å². The number of hydrogen-bond donors (Lipinski definition) is 2. The molecule has 2 heterocycles. The number of piperidine rings is 1. The van der Waals surface area contributed by atoms with Gasteiger partial charge in [-0.3, -0.25) is 0 Å². The van der Waals surface area contributed by atoms with Gasteiger partial charge in [0.2, 0.25) is 5.95 Å². The molecule has 1 saturated heterocycles. The third-order valence-corrected chi connectivity index (χ3v) is 3.16. The Labute approximate surface area is 103 Å². The van der Waals surface area contributed by atoms with Gasteiger partial charge in [-0.1, -0.05) is 19.8 Å². The van der Waals surface area contributed by atoms with Gasteiger partial charge in [0.1, 0.15) is 0 Å². The second-order valence-electron chi connectivity index (χ2n) is 4.69. The summed E-state index contributed by atoms with van der Waals surface area (Å²) in [5.74, 6) is 0.747. The molecule has 4 heteroatoms. The summed E-state index contributed by atoms with van der Waals surface area (Å²) in [7, 11) is 0. The second-order valence-corrected chi connectivity index (χ2v) is 4.69. The summed E-state index contributed by atoms with van der Waals surface area (Å²) in [5, 5.41) is 6.80. The molecule has 94 valence electrons. The van der Waals surface area contributed by atoms with Crippen molar-refractivity contribution >= 4 is 5.95 Å². The van der Waals surface area contributed by atoms with Crippen LogP contribution in [0.15, 0.2) is 12.4 Å². The Morgan fingerprint density at radius 2 is 2.18 bits per heavy atom. The smallest absolute Gasteiger partial charge is 0.222 e. The molecule has 1 aliphatic heterocycles. The van der Waals surface area contributed by atoms with Crippen molar-refractivity contribution in [3.05, 3.63) is 18.0 Å². The summed E-state index contributed by atoms with van der Waals surface area (Å²) in [6.07, 6.45) is 9.93. The average Bonchev–Trinajstić information content (AvgIpc) is 2.40. The molecule has 0 aromatic carbocycles. The van der Waals surface area contributed by atoms with Crippen LogP contribution < -0.4 is 10.6 Å². The number of hydrogen-bond acceptors (Lipinski definition) is 4. The zero-order chi connectivity index (χ0) is 11.9. The Hall–Kier alpha value is -1.16. The fraction of sp³-hybridized carbons (Fsp3) is 0.692. The molecule has 0 bridgehead atoms. The maximum absolute atomic E-state index is 4.33. The van der Waals surface area contributed by atoms with E-state index in [1.165, 1.54) is 24.8 Å². The fourth-order valence-corrected chi connectivity index (χ4v) is 2.18. The zero-order valence-corrected chi connectivity index (χ0v) is 10.6. The minimum absolute atomic E-state index is 0.572. The Balaban J connectivity index is 1.77. The van der Waals surface area contributed by atoms with Crippen molar-refractivity contribution in [2.75, 3.05) is 18.4 Å². The van der Waals surface area contributed by atoms with Crippen molar-refractivity contribution < 1.29 is 0 Å². The highest BCUT2D eigenvalue weighted by atomic mass is 15.1. The van der Waals surface area contributed by atoms with Crippen LogP contribution in [-0.4, -0.2) is 29.1 Å². The molecule has 2 N–H and O–H groups in total. The number of rotatable bonds is 5. The Bertz CT molecular complexity index is 317. The van der Waals surface area contributed by atoms with Crippen LogP contribution in [-0.2, 0) is 6.42 Å². The van der Waals surface area contributed by atoms with Crippen molar-refractivity contribution in [1.82, 2.24) is 15.3 Å². The zero-order valence-electron chi connectivity index (χ0n) is 10.6. The average molecular weight is 234 g/mol. The first-order chi connectivity index (χ1) is 8.38. The SMILES string of the molecule is CCCc1cnc(NCC2CCCCN2)nc1. The number of aromatic nitrogens is 2. The van der Waals surface area contributed by atoms with Gasteiger partial charge in [-0.2, -0.15) is 0 Å². The first-order valence-electron chi connectivity index (χ1n) is 6.66. The van der Waals surface area contributed by atoms with Crippen molar-refractivity contribution in [2.45, 2.75) is 45.1 Å². The maximum atomic E-state index is 4.33. The highest BCUT2D eigenvalue weighted by molar-refractivity contribution is 5.25. The summed E-state index contributed by atoms with van der Waals surface area (Å²) in [4.78, 5) is 8.66. The van der Waals surface area contributed by atoms with E-state index in [4.69, 9.17) is 0 Å². The van der Waals surface area contributed by atoms with E-state index < -0.39 is 0 Å². The van der Waals surface area contributed by atoms with Crippen LogP contribution in [0.3, 0.4) is 0 Å². The van der Waals surface area contributed by atoms with Crippen LogP contribution in [0.5, 0.6) is 0 Å². The highest BCUT2D eigenvalue weighted by Crippen LogP contribution is 2.08. The van der Waals surface area contributed by atoms with Gasteiger partial charge in [-0.15, -0.1) is 0 Å². The third kappa shape index (κ3) is 3.97. The van der Waals surface area contributed by atoms with Gasteiger partial charge in [-0.05, 0) is 31.4 Å². The molecule has 2 rings (SSSR count). The molecule has 0 spiro atoms. The summed E-state index contributed by atoms with van der Waals surface area (Å²) in [6.45, 7) is 4.23. The normalized spacial score (nSPS) is 20.2. The van der Waals surface area contributed by atoms with Crippen LogP contribution in [0.1, 0.15) is 38.2 Å². The van der Waals surface area contributed by atoms with Crippen LogP contribution >= 0.6 is 0 Å². The second kappa shape index (κ2) is 6.55. The van der Waals surface area contributed by atoms with Crippen LogP contribution in [0.2, 0.25) is 0 Å². The largest absolute Gasteiger partial charge is 0.353 e. The standard InChI is InChI=1S/C13H22N4/c1-2-5-11-8-15-13(16-9-11)17-10-12-6-3-4-7-14-12/h8-9,12,14H,2-7,10H2,1H3,(H,15,16,17). The fourth-order valence-electron chi connectivity index (χ4n) is 2.18. The van der Waals surface area contributed by atoms with E-state index in [0.29, 0.717) is 6.04 Å². The molecule has 0 aliphatic carbocycles. The topological polar surface area (TPSA) is 49.8 Å². The van der Waals surface area contributed by atoms with Crippen molar-refractivity contribution in [1.29, 1.82) is 0 Å². The Morgan fingerprint density at radius 1 is 1.35 bits per heavy atom. The van der Waals surface area contributed by atoms with Gasteiger partial charge >= 0.3 is 0 Å². The molecule has 0 radical (unpaired) electrons. The lowest BCUT2D eigenvalue weighted by molar-refractivity contribution is 0.413. The quantitative estimate of drug-likeness (QED) is 0.818. The molecule has 1 unspecified atom stereocenters. The molecule has 0 saturated carbocycles. The van der Waals surface area contributed by atoms with Gasteiger partial charge in [0.05, 0.1) is 0 Å². The van der Waals surface area contributed by atoms with E-state index in [1.54, 1.807) is 0 Å². The molecule has 1 aromatic rings. The first-order valence-corrected chi connectivity index (χ1v) is 6.66. The maximum Gasteiger partial charge on any atom is 0.222 e. The van der Waals surface area contributed by atoms with Crippen molar-refractivity contribution in [3.63, 3.8) is 0 Å². The van der Waals surface area contributed by atoms with Gasteiger partial charge < -0.3 is 10.6 Å². The molecule has 1 aromatic heterocycles. The molecule has 17 heavy (non-hydrogen) atoms. The molecule has 4 nitrogen and oxygen atoms in total. The van der Waals surface area contributed by atoms with Crippen molar-refractivity contribution in [3.8, 4) is 0 Å². The minimum atomic E-state index is 0.572. The van der Waals surface area contributed by atoms with Gasteiger partial charge in [0.25, 0.3) is 0 Å². The minimum Gasteiger partial charge on any atom is -0.353 e. The van der Waals surface area contributed by atoms with Gasteiger partial charge in [-0.25, -0.2) is 9.97 Å². The number of nitrogens with one attached hydrogen (secondary N) is 2. The summed E-state index contributed by atoms with van der Waals surface area (Å²) in [5.41, 5.74) is 1.22. The molecule has 1 fully saturated rings. The summed E-state index contributed by atoms with van der Waals surface area (Å²) >= 11 is 0. The van der Waals surface area contributed by atoms with Crippen molar-refractivity contribution in [2.24, 2.45) is 0 Å². The van der Waals surface area contributed by atoms with E-state index in [-0.39, 0.29) is 0 Å². The number of nitrogens with zero attached hydrogens (tertiary/aromatic N) is 2. The predicted molar refractivity (Wildman–Crippen MR) is 70.2 cm³/mol. The molecular formula is C13H22N4. The lowest BCUT2D eigenvalue weighted by Gasteiger charge is -2.23. The van der Waals surface area contributed by atoms with E-state index in [9.17, 15) is 0 Å². The molecule has 1 aliphatic rings. The number of aryl methyl sites for hydroxylation is 1. The van der Waals surface area contributed by atoms with Crippen LogP contribution in [0.4, 0.5) is 5.95 Å². The summed E-state index contributed by atoms with van der Waals surface area (Å²) < 4.78 is 0. The lowest BCUT2D eigenvalue weighted by atomic mass is 10.1. The Kier molecular flexibility index (Phi) is 4.74. The molecular weight excluding hydrogens is 212 g/mol. The lowest BCUT2D eigenvalue weighted by Crippen LogP contribution is -2.39. The molecule has 1 atom stereocenters. The van der Waals surface area contributed by atoms with E-state index >= 15 is 0 Å². The monoisotopic (exact) mass is 234 g/mol. The number of anilines is 1. The van der Waals surface area contributed by atoms with E-state index in [2.05, 4.69) is 27.5 Å². The van der Waals surface area contributed by atoms with Gasteiger partial charge in [0.15, 0.2) is 0 Å². The van der Waals surface area contributed by atoms with Gasteiger partial charge in [0, 0.05) is 25.0 Å². The first kappa shape index (κ1) is 12.3. The van der Waals surface area contributed by atoms with Crippen LogP contribution in [0.25, 0.3) is 0 Å². The van der Waals surface area contributed by atoms with E-state index in [1.807, 2.05) is 12.4 Å². The highest BCUT2D eigenvalue weighted by Gasteiger charge is 2.12. The predicted octanol–water partition coefficient (Wildman–Crippen LogP) is 1.98. The third-order valence-electron chi connectivity index (χ3n) is 3.16. The molecule has 0 amide bonds.